The molecule has 0 saturated carbocycles. The minimum atomic E-state index is -5.07. The molecule has 7 nitrogen and oxygen atoms in total. The average molecular weight is 412 g/mol. The summed E-state index contributed by atoms with van der Waals surface area (Å²) in [5.74, 6) is -0.309. The molecule has 0 amide bonds. The summed E-state index contributed by atoms with van der Waals surface area (Å²) < 4.78 is 24.3. The van der Waals surface area contributed by atoms with Crippen LogP contribution >= 0.6 is 27.8 Å². The van der Waals surface area contributed by atoms with Crippen molar-refractivity contribution in [2.75, 3.05) is 26.4 Å². The van der Waals surface area contributed by atoms with Crippen molar-refractivity contribution in [1.29, 1.82) is 0 Å². The molecule has 1 heterocycles. The maximum atomic E-state index is 12.3. The van der Waals surface area contributed by atoms with Crippen LogP contribution in [-0.2, 0) is 9.13 Å². The van der Waals surface area contributed by atoms with E-state index in [0.29, 0.717) is 31.6 Å². The van der Waals surface area contributed by atoms with Crippen LogP contribution in [0.25, 0.3) is 0 Å². The van der Waals surface area contributed by atoms with Crippen LogP contribution in [0.2, 0.25) is 0 Å². The Labute approximate surface area is 149 Å². The topological polar surface area (TPSA) is 115 Å². The lowest BCUT2D eigenvalue weighted by Crippen LogP contribution is -3.00. The molecule has 1 fully saturated rings. The van der Waals surface area contributed by atoms with Crippen molar-refractivity contribution in [3.8, 4) is 0 Å². The molecule has 2 unspecified atom stereocenters. The molecule has 0 aromatic rings. The van der Waals surface area contributed by atoms with Crippen molar-refractivity contribution in [2.24, 2.45) is 11.8 Å². The molecular weight excluding hydrogens is 384 g/mol. The molecule has 1 saturated heterocycles. The van der Waals surface area contributed by atoms with Crippen molar-refractivity contribution in [1.82, 2.24) is 0 Å². The Kier molecular flexibility index (Phi) is 8.38. The van der Waals surface area contributed by atoms with Crippen molar-refractivity contribution in [3.05, 3.63) is 0 Å². The summed E-state index contributed by atoms with van der Waals surface area (Å²) in [4.78, 5) is 40.0. The summed E-state index contributed by atoms with van der Waals surface area (Å²) >= 11 is 4.14. The second kappa shape index (κ2) is 8.07. The number of thiol groups is 1. The van der Waals surface area contributed by atoms with Gasteiger partial charge in [0.05, 0.1) is 20.6 Å². The van der Waals surface area contributed by atoms with Crippen LogP contribution in [0.15, 0.2) is 0 Å². The summed E-state index contributed by atoms with van der Waals surface area (Å²) in [6.45, 7) is 2.14. The molecule has 4 N–H and O–H groups in total. The molecule has 23 heavy (non-hydrogen) atoms. The molecule has 1 aliphatic heterocycles. The van der Waals surface area contributed by atoms with Crippen LogP contribution < -0.4 is 12.4 Å². The number of likely N-dealkylation sites (tertiary alicyclic amines) is 1. The Bertz CT molecular complexity index is 472. The van der Waals surface area contributed by atoms with E-state index in [9.17, 15) is 28.7 Å². The number of nitrogens with zero attached hydrogens (tertiary/aromatic N) is 1. The second-order valence-electron chi connectivity index (χ2n) is 6.78. The molecule has 1 aliphatic rings. The van der Waals surface area contributed by atoms with Crippen molar-refractivity contribution in [2.45, 2.75) is 37.6 Å². The van der Waals surface area contributed by atoms with Gasteiger partial charge in [-0.25, -0.2) is 0 Å². The maximum Gasteiger partial charge on any atom is 0.398 e. The van der Waals surface area contributed by atoms with Gasteiger partial charge in [-0.05, 0) is 37.4 Å². The highest BCUT2D eigenvalue weighted by atomic mass is 35.5. The first kappa shape index (κ1) is 23.9. The number of hydrogen-bond donors (Lipinski definition) is 5. The van der Waals surface area contributed by atoms with E-state index in [1.54, 1.807) is 0 Å². The van der Waals surface area contributed by atoms with Gasteiger partial charge in [0.15, 0.2) is 0 Å². The Morgan fingerprint density at radius 3 is 2.09 bits per heavy atom. The molecule has 2 atom stereocenters. The summed E-state index contributed by atoms with van der Waals surface area (Å²) in [6.07, 6.45) is 2.47. The van der Waals surface area contributed by atoms with Crippen LogP contribution in [0, 0.1) is 11.8 Å². The highest BCUT2D eigenvalue weighted by molar-refractivity contribution is 7.80. The van der Waals surface area contributed by atoms with Crippen molar-refractivity contribution in [3.63, 3.8) is 0 Å². The van der Waals surface area contributed by atoms with Gasteiger partial charge >= 0.3 is 20.2 Å². The highest BCUT2D eigenvalue weighted by Gasteiger charge is 2.76. The van der Waals surface area contributed by atoms with Gasteiger partial charge in [0.25, 0.3) is 0 Å². The van der Waals surface area contributed by atoms with Gasteiger partial charge in [-0.2, -0.15) is 12.6 Å². The molecule has 0 spiro atoms. The zero-order chi connectivity index (χ0) is 17.4. The summed E-state index contributed by atoms with van der Waals surface area (Å²) in [7, 11) is -7.12. The van der Waals surface area contributed by atoms with Gasteiger partial charge in [0.1, 0.15) is 0 Å². The molecule has 1 rings (SSSR count). The Hall–Kier alpha value is 0.900. The third kappa shape index (κ3) is 4.18. The lowest BCUT2D eigenvalue weighted by molar-refractivity contribution is -0.924. The standard InChI is InChI=1S/C12H27NO6P2S.ClH/c1-10(6-5-9-22)11-7-4-8-13(2,3)12(11,20(14,15)16)21(17,18)19;/h10-11H,4-9H2,1-3H3,(H4-,14,15,16,17,18,19,22);1H. The normalized spacial score (nSPS) is 25.5. The van der Waals surface area contributed by atoms with E-state index < -0.39 is 26.1 Å². The third-order valence-electron chi connectivity index (χ3n) is 4.98. The minimum absolute atomic E-state index is 0. The summed E-state index contributed by atoms with van der Waals surface area (Å²) in [6, 6.07) is 0. The molecule has 140 valence electrons. The van der Waals surface area contributed by atoms with Crippen molar-refractivity contribution >= 4 is 27.8 Å². The summed E-state index contributed by atoms with van der Waals surface area (Å²) in [5, 5.41) is -2.37. The quantitative estimate of drug-likeness (QED) is 0.214. The van der Waals surface area contributed by atoms with Crippen LogP contribution in [0.1, 0.15) is 32.6 Å². The molecule has 0 bridgehead atoms. The minimum Gasteiger partial charge on any atom is -1.00 e. The number of piperidine rings is 1. The van der Waals surface area contributed by atoms with Gasteiger partial charge in [0.2, 0.25) is 0 Å². The lowest BCUT2D eigenvalue weighted by atomic mass is 9.82. The third-order valence-corrected chi connectivity index (χ3v) is 10.3. The Balaban J connectivity index is 0.00000484. The van der Waals surface area contributed by atoms with E-state index in [-0.39, 0.29) is 22.8 Å². The van der Waals surface area contributed by atoms with E-state index in [1.165, 1.54) is 14.1 Å². The van der Waals surface area contributed by atoms with E-state index in [2.05, 4.69) is 12.6 Å². The highest BCUT2D eigenvalue weighted by Crippen LogP contribution is 2.77. The van der Waals surface area contributed by atoms with Crippen LogP contribution in [0.3, 0.4) is 0 Å². The van der Waals surface area contributed by atoms with Gasteiger partial charge in [-0.1, -0.05) is 6.92 Å². The van der Waals surface area contributed by atoms with Gasteiger partial charge in [0, 0.05) is 5.92 Å². The molecule has 0 aromatic carbocycles. The van der Waals surface area contributed by atoms with E-state index in [0.717, 1.165) is 6.42 Å². The fourth-order valence-corrected chi connectivity index (χ4v) is 8.88. The molecule has 0 aliphatic carbocycles. The largest absolute Gasteiger partial charge is 1.00 e. The molecule has 0 aromatic heterocycles. The SMILES string of the molecule is CC(CCCS)C1CCC[N+](C)(C)C1(P(=O)(O)O)P(=O)(O)O.[Cl-]. The Morgan fingerprint density at radius 2 is 1.70 bits per heavy atom. The zero-order valence-electron chi connectivity index (χ0n) is 13.7. The van der Waals surface area contributed by atoms with Crippen LogP contribution in [0.5, 0.6) is 0 Å². The van der Waals surface area contributed by atoms with Gasteiger partial charge in [-0.3, -0.25) is 9.13 Å². The second-order valence-corrected chi connectivity index (χ2v) is 11.1. The van der Waals surface area contributed by atoms with E-state index in [1.807, 2.05) is 6.92 Å². The van der Waals surface area contributed by atoms with Crippen LogP contribution in [0.4, 0.5) is 0 Å². The van der Waals surface area contributed by atoms with E-state index in [4.69, 9.17) is 0 Å². The number of hydrogen-bond acceptors (Lipinski definition) is 3. The predicted octanol–water partition coefficient (Wildman–Crippen LogP) is -1.17. The fourth-order valence-electron chi connectivity index (χ4n) is 4.10. The smallest absolute Gasteiger partial charge is 0.398 e. The molecule has 0 radical (unpaired) electrons. The summed E-state index contributed by atoms with van der Waals surface area (Å²) in [5.41, 5.74) is 0. The average Bonchev–Trinajstić information content (AvgIpc) is 2.30. The van der Waals surface area contributed by atoms with E-state index >= 15 is 0 Å². The zero-order valence-corrected chi connectivity index (χ0v) is 17.1. The molecular formula is C12H28ClNO6P2S. The van der Waals surface area contributed by atoms with Gasteiger partial charge < -0.3 is 36.5 Å². The maximum absolute atomic E-state index is 12.3. The van der Waals surface area contributed by atoms with Gasteiger partial charge in [-0.15, -0.1) is 0 Å². The van der Waals surface area contributed by atoms with Crippen molar-refractivity contribution < 1.29 is 45.6 Å². The fraction of sp³-hybridized carbons (Fsp3) is 1.00. The lowest BCUT2D eigenvalue weighted by Gasteiger charge is -2.55. The number of halogens is 1. The predicted molar refractivity (Wildman–Crippen MR) is 88.8 cm³/mol. The Morgan fingerprint density at radius 1 is 1.22 bits per heavy atom. The number of quaternary nitrogens is 1. The first-order chi connectivity index (χ1) is 9.83. The first-order valence-electron chi connectivity index (χ1n) is 7.38. The van der Waals surface area contributed by atoms with Crippen LogP contribution in [-0.4, -0.2) is 55.5 Å². The number of rotatable bonds is 6. The molecule has 11 heteroatoms. The first-order valence-corrected chi connectivity index (χ1v) is 11.2. The monoisotopic (exact) mass is 411 g/mol.